The van der Waals surface area contributed by atoms with Crippen molar-refractivity contribution in [1.29, 1.82) is 0 Å². The van der Waals surface area contributed by atoms with Crippen LogP contribution >= 0.6 is 27.3 Å². The highest BCUT2D eigenvalue weighted by atomic mass is 79.9. The van der Waals surface area contributed by atoms with E-state index in [2.05, 4.69) is 20.9 Å². The van der Waals surface area contributed by atoms with Gasteiger partial charge < -0.3 is 4.74 Å². The predicted octanol–water partition coefficient (Wildman–Crippen LogP) is 4.90. The van der Waals surface area contributed by atoms with Gasteiger partial charge in [-0.25, -0.2) is 9.37 Å². The zero-order chi connectivity index (χ0) is 15.0. The summed E-state index contributed by atoms with van der Waals surface area (Å²) in [5.41, 5.74) is 1.56. The van der Waals surface area contributed by atoms with Crippen LogP contribution in [0.1, 0.15) is 0 Å². The Morgan fingerprint density at radius 3 is 2.86 bits per heavy atom. The van der Waals surface area contributed by atoms with E-state index >= 15 is 0 Å². The second kappa shape index (κ2) is 5.38. The third-order valence-electron chi connectivity index (χ3n) is 2.73. The van der Waals surface area contributed by atoms with Gasteiger partial charge >= 0.3 is 5.69 Å². The van der Waals surface area contributed by atoms with Crippen LogP contribution in [0.15, 0.2) is 40.3 Å². The van der Waals surface area contributed by atoms with Crippen LogP contribution in [0.3, 0.4) is 0 Å². The maximum atomic E-state index is 13.3. The fourth-order valence-corrected chi connectivity index (χ4v) is 2.84. The Bertz CT molecular complexity index is 853. The van der Waals surface area contributed by atoms with Gasteiger partial charge in [0.2, 0.25) is 5.75 Å². The molecule has 0 aliphatic rings. The molecule has 0 atom stereocenters. The summed E-state index contributed by atoms with van der Waals surface area (Å²) < 4.78 is 19.9. The predicted molar refractivity (Wildman–Crippen MR) is 80.4 cm³/mol. The Morgan fingerprint density at radius 2 is 2.10 bits per heavy atom. The molecule has 0 fully saturated rings. The van der Waals surface area contributed by atoms with Crippen molar-refractivity contribution in [1.82, 2.24) is 4.98 Å². The van der Waals surface area contributed by atoms with Gasteiger partial charge in [0.25, 0.3) is 0 Å². The largest absolute Gasteiger partial charge is 0.449 e. The number of nitro groups is 1. The van der Waals surface area contributed by atoms with Crippen molar-refractivity contribution >= 4 is 43.2 Å². The smallest absolute Gasteiger partial charge is 0.338 e. The maximum Gasteiger partial charge on any atom is 0.338 e. The lowest BCUT2D eigenvalue weighted by atomic mass is 10.2. The van der Waals surface area contributed by atoms with Crippen molar-refractivity contribution in [3.8, 4) is 11.5 Å². The van der Waals surface area contributed by atoms with Gasteiger partial charge in [-0.15, -0.1) is 11.3 Å². The Balaban J connectivity index is 2.14. The Morgan fingerprint density at radius 1 is 1.29 bits per heavy atom. The van der Waals surface area contributed by atoms with Crippen LogP contribution in [-0.4, -0.2) is 9.91 Å². The molecule has 0 aliphatic heterocycles. The number of nitro benzene ring substituents is 1. The van der Waals surface area contributed by atoms with Crippen molar-refractivity contribution in [3.05, 3.63) is 56.2 Å². The molecule has 0 bridgehead atoms. The molecule has 1 heterocycles. The molecule has 0 spiro atoms. The molecule has 0 radical (unpaired) electrons. The lowest BCUT2D eigenvalue weighted by Gasteiger charge is -2.08. The van der Waals surface area contributed by atoms with E-state index in [0.29, 0.717) is 9.17 Å². The SMILES string of the molecule is O=[N+]([O-])c1c(Oc2cc(F)ccc2Br)ccc2scnc12. The zero-order valence-electron chi connectivity index (χ0n) is 10.2. The monoisotopic (exact) mass is 368 g/mol. The molecule has 0 unspecified atom stereocenters. The van der Waals surface area contributed by atoms with E-state index in [-0.39, 0.29) is 22.7 Å². The van der Waals surface area contributed by atoms with Gasteiger partial charge in [-0.05, 0) is 40.2 Å². The zero-order valence-corrected chi connectivity index (χ0v) is 12.6. The average Bonchev–Trinajstić information content (AvgIpc) is 2.90. The molecule has 106 valence electrons. The van der Waals surface area contributed by atoms with E-state index in [1.165, 1.54) is 35.0 Å². The second-order valence-corrected chi connectivity index (χ2v) is 5.79. The lowest BCUT2D eigenvalue weighted by Crippen LogP contribution is -1.95. The molecule has 3 rings (SSSR count). The molecule has 0 N–H and O–H groups in total. The number of halogens is 2. The number of hydrogen-bond acceptors (Lipinski definition) is 5. The van der Waals surface area contributed by atoms with Crippen LogP contribution in [0.25, 0.3) is 10.2 Å². The topological polar surface area (TPSA) is 65.3 Å². The van der Waals surface area contributed by atoms with Crippen molar-refractivity contribution < 1.29 is 14.1 Å². The van der Waals surface area contributed by atoms with Crippen LogP contribution < -0.4 is 4.74 Å². The van der Waals surface area contributed by atoms with Crippen LogP contribution in [-0.2, 0) is 0 Å². The standard InChI is InChI=1S/C13H6BrFN2O3S/c14-8-2-1-7(15)5-10(8)20-9-3-4-11-12(16-6-21-11)13(9)17(18)19/h1-6H. The summed E-state index contributed by atoms with van der Waals surface area (Å²) in [7, 11) is 0. The van der Waals surface area contributed by atoms with Gasteiger partial charge in [-0.2, -0.15) is 0 Å². The van der Waals surface area contributed by atoms with E-state index < -0.39 is 10.7 Å². The van der Waals surface area contributed by atoms with E-state index in [4.69, 9.17) is 4.74 Å². The first-order chi connectivity index (χ1) is 10.1. The minimum atomic E-state index is -0.551. The molecule has 3 aromatic rings. The molecule has 8 heteroatoms. The van der Waals surface area contributed by atoms with Gasteiger partial charge in [0.15, 0.2) is 5.52 Å². The number of fused-ring (bicyclic) bond motifs is 1. The minimum Gasteiger partial charge on any atom is -0.449 e. The highest BCUT2D eigenvalue weighted by Crippen LogP contribution is 2.40. The first kappa shape index (κ1) is 13.9. The van der Waals surface area contributed by atoms with E-state index in [0.717, 1.165) is 6.07 Å². The van der Waals surface area contributed by atoms with E-state index in [9.17, 15) is 14.5 Å². The number of hydrogen-bond donors (Lipinski definition) is 0. The molecule has 5 nitrogen and oxygen atoms in total. The van der Waals surface area contributed by atoms with E-state index in [1.54, 1.807) is 6.07 Å². The number of thiazole rings is 1. The highest BCUT2D eigenvalue weighted by Gasteiger charge is 2.23. The molecular formula is C13H6BrFN2O3S. The molecule has 1 aromatic heterocycles. The summed E-state index contributed by atoms with van der Waals surface area (Å²) in [6.45, 7) is 0. The van der Waals surface area contributed by atoms with E-state index in [1.807, 2.05) is 0 Å². The fraction of sp³-hybridized carbons (Fsp3) is 0. The first-order valence-electron chi connectivity index (χ1n) is 5.70. The summed E-state index contributed by atoms with van der Waals surface area (Å²) >= 11 is 4.52. The number of rotatable bonds is 3. The van der Waals surface area contributed by atoms with Gasteiger partial charge in [-0.1, -0.05) is 0 Å². The normalized spacial score (nSPS) is 10.8. The first-order valence-corrected chi connectivity index (χ1v) is 7.37. The maximum absolute atomic E-state index is 13.3. The number of nitrogens with zero attached hydrogens (tertiary/aromatic N) is 2. The van der Waals surface area contributed by atoms with Crippen LogP contribution in [0.2, 0.25) is 0 Å². The minimum absolute atomic E-state index is 0.0182. The summed E-state index contributed by atoms with van der Waals surface area (Å²) in [4.78, 5) is 14.7. The van der Waals surface area contributed by atoms with Crippen molar-refractivity contribution in [2.45, 2.75) is 0 Å². The molecule has 0 aliphatic carbocycles. The molecule has 21 heavy (non-hydrogen) atoms. The lowest BCUT2D eigenvalue weighted by molar-refractivity contribution is -0.384. The summed E-state index contributed by atoms with van der Waals surface area (Å²) in [6.07, 6.45) is 0. The molecular weight excluding hydrogens is 363 g/mol. The second-order valence-electron chi connectivity index (χ2n) is 4.05. The average molecular weight is 369 g/mol. The number of aromatic nitrogens is 1. The van der Waals surface area contributed by atoms with Crippen LogP contribution in [0.5, 0.6) is 11.5 Å². The number of benzene rings is 2. The molecule has 2 aromatic carbocycles. The Labute approximate surface area is 130 Å². The summed E-state index contributed by atoms with van der Waals surface area (Å²) in [5.74, 6) is -0.317. The quantitative estimate of drug-likeness (QED) is 0.487. The van der Waals surface area contributed by atoms with Crippen LogP contribution in [0, 0.1) is 15.9 Å². The highest BCUT2D eigenvalue weighted by molar-refractivity contribution is 9.10. The molecule has 0 saturated carbocycles. The summed E-state index contributed by atoms with van der Waals surface area (Å²) in [6, 6.07) is 7.05. The van der Waals surface area contributed by atoms with Gasteiger partial charge in [0.1, 0.15) is 11.6 Å². The summed E-state index contributed by atoms with van der Waals surface area (Å²) in [5, 5.41) is 11.3. The Kier molecular flexibility index (Phi) is 3.56. The van der Waals surface area contributed by atoms with Gasteiger partial charge in [0, 0.05) is 6.07 Å². The third-order valence-corrected chi connectivity index (χ3v) is 4.18. The van der Waals surface area contributed by atoms with Gasteiger partial charge in [-0.3, -0.25) is 10.1 Å². The molecule has 0 saturated heterocycles. The molecule has 0 amide bonds. The Hall–Kier alpha value is -2.06. The third kappa shape index (κ3) is 2.59. The van der Waals surface area contributed by atoms with Crippen molar-refractivity contribution in [3.63, 3.8) is 0 Å². The van der Waals surface area contributed by atoms with Crippen LogP contribution in [0.4, 0.5) is 10.1 Å². The fourth-order valence-electron chi connectivity index (χ4n) is 1.83. The van der Waals surface area contributed by atoms with Gasteiger partial charge in [0.05, 0.1) is 19.6 Å². The number of ether oxygens (including phenoxy) is 1. The van der Waals surface area contributed by atoms with Crippen molar-refractivity contribution in [2.24, 2.45) is 0 Å². The van der Waals surface area contributed by atoms with Crippen molar-refractivity contribution in [2.75, 3.05) is 0 Å².